The lowest BCUT2D eigenvalue weighted by molar-refractivity contribution is 0.953. The van der Waals surface area contributed by atoms with Crippen LogP contribution in [0.15, 0.2) is 158 Å². The van der Waals surface area contributed by atoms with Gasteiger partial charge in [-0.15, -0.1) is 0 Å². The average Bonchev–Trinajstić information content (AvgIpc) is 3.43. The van der Waals surface area contributed by atoms with Gasteiger partial charge in [0, 0.05) is 21.9 Å². The molecule has 0 aliphatic heterocycles. The number of hydrogen-bond donors (Lipinski definition) is 0. The van der Waals surface area contributed by atoms with Gasteiger partial charge in [-0.3, -0.25) is 4.57 Å². The Labute approximate surface area is 249 Å². The van der Waals surface area contributed by atoms with E-state index < -0.39 is 0 Å². The molecule has 0 bridgehead atoms. The molecule has 6 aromatic carbocycles. The first kappa shape index (κ1) is 24.9. The summed E-state index contributed by atoms with van der Waals surface area (Å²) in [7, 11) is 0. The number of hydrogen-bond acceptors (Lipinski definition) is 3. The fourth-order valence-electron chi connectivity index (χ4n) is 5.85. The summed E-state index contributed by atoms with van der Waals surface area (Å²) in [6.45, 7) is 0. The lowest BCUT2D eigenvalue weighted by atomic mass is 9.94. The van der Waals surface area contributed by atoms with E-state index in [1.165, 1.54) is 10.8 Å². The van der Waals surface area contributed by atoms with E-state index in [1.54, 1.807) is 0 Å². The van der Waals surface area contributed by atoms with Crippen molar-refractivity contribution in [3.63, 3.8) is 0 Å². The molecule has 2 heterocycles. The number of benzene rings is 6. The standard InChI is InChI=1S/C39H26N4/c1-4-14-27(15-5-1)30-24-25-33(34(26-30)28-16-6-2-7-17-28)38-40-37(29-18-8-3-9-19-29)41-39(42-38)43-35-22-12-10-20-31(35)32-21-11-13-23-36(32)43/h1-26H. The van der Waals surface area contributed by atoms with Crippen LogP contribution >= 0.6 is 0 Å². The third-order valence-corrected chi connectivity index (χ3v) is 7.89. The average molecular weight is 551 g/mol. The van der Waals surface area contributed by atoms with Crippen LogP contribution in [0.4, 0.5) is 0 Å². The molecule has 0 saturated heterocycles. The quantitative estimate of drug-likeness (QED) is 0.214. The van der Waals surface area contributed by atoms with Crippen molar-refractivity contribution in [3.8, 4) is 51.0 Å². The summed E-state index contributed by atoms with van der Waals surface area (Å²) in [5.41, 5.74) is 8.49. The molecule has 0 amide bonds. The summed E-state index contributed by atoms with van der Waals surface area (Å²) in [5, 5.41) is 2.33. The minimum Gasteiger partial charge on any atom is -0.278 e. The van der Waals surface area contributed by atoms with Crippen LogP contribution in [0.25, 0.3) is 72.8 Å². The number of para-hydroxylation sites is 2. The molecule has 2 aromatic heterocycles. The van der Waals surface area contributed by atoms with Gasteiger partial charge in [-0.05, 0) is 46.5 Å². The summed E-state index contributed by atoms with van der Waals surface area (Å²) in [5.74, 6) is 1.85. The van der Waals surface area contributed by atoms with E-state index in [4.69, 9.17) is 15.0 Å². The smallest absolute Gasteiger partial charge is 0.238 e. The van der Waals surface area contributed by atoms with Gasteiger partial charge in [0.05, 0.1) is 11.0 Å². The number of aromatic nitrogens is 4. The minimum atomic E-state index is 0.590. The molecule has 0 radical (unpaired) electrons. The molecule has 4 heteroatoms. The normalized spacial score (nSPS) is 11.3. The van der Waals surface area contributed by atoms with Crippen molar-refractivity contribution in [2.75, 3.05) is 0 Å². The van der Waals surface area contributed by atoms with E-state index in [0.29, 0.717) is 17.6 Å². The molecule has 202 valence electrons. The molecule has 4 nitrogen and oxygen atoms in total. The van der Waals surface area contributed by atoms with Gasteiger partial charge >= 0.3 is 0 Å². The maximum absolute atomic E-state index is 5.20. The lowest BCUT2D eigenvalue weighted by Crippen LogP contribution is -2.06. The van der Waals surface area contributed by atoms with Gasteiger partial charge in [0.15, 0.2) is 11.6 Å². The van der Waals surface area contributed by atoms with Crippen molar-refractivity contribution in [2.24, 2.45) is 0 Å². The highest BCUT2D eigenvalue weighted by molar-refractivity contribution is 6.09. The van der Waals surface area contributed by atoms with Crippen LogP contribution in [-0.2, 0) is 0 Å². The van der Waals surface area contributed by atoms with E-state index in [0.717, 1.165) is 44.4 Å². The third-order valence-electron chi connectivity index (χ3n) is 7.89. The van der Waals surface area contributed by atoms with Crippen molar-refractivity contribution < 1.29 is 0 Å². The van der Waals surface area contributed by atoms with Gasteiger partial charge in [-0.25, -0.2) is 4.98 Å². The van der Waals surface area contributed by atoms with Gasteiger partial charge < -0.3 is 0 Å². The van der Waals surface area contributed by atoms with Crippen LogP contribution in [0.1, 0.15) is 0 Å². The molecule has 0 atom stereocenters. The fourth-order valence-corrected chi connectivity index (χ4v) is 5.85. The molecule has 8 aromatic rings. The predicted octanol–water partition coefficient (Wildman–Crippen LogP) is 9.64. The van der Waals surface area contributed by atoms with Crippen molar-refractivity contribution in [3.05, 3.63) is 158 Å². The zero-order chi connectivity index (χ0) is 28.6. The van der Waals surface area contributed by atoms with Crippen molar-refractivity contribution >= 4 is 21.8 Å². The Kier molecular flexibility index (Phi) is 6.08. The highest BCUT2D eigenvalue weighted by atomic mass is 15.2. The Morgan fingerprint density at radius 3 is 1.49 bits per heavy atom. The Hall–Kier alpha value is -5.87. The van der Waals surface area contributed by atoms with Crippen molar-refractivity contribution in [1.29, 1.82) is 0 Å². The van der Waals surface area contributed by atoms with E-state index in [2.05, 4.69) is 120 Å². The molecule has 0 fully saturated rings. The lowest BCUT2D eigenvalue weighted by Gasteiger charge is -2.15. The molecule has 8 rings (SSSR count). The Balaban J connectivity index is 1.42. The summed E-state index contributed by atoms with van der Waals surface area (Å²) in [6.07, 6.45) is 0. The highest BCUT2D eigenvalue weighted by Gasteiger charge is 2.19. The first-order chi connectivity index (χ1) is 21.3. The zero-order valence-electron chi connectivity index (χ0n) is 23.3. The molecular formula is C39H26N4. The minimum absolute atomic E-state index is 0.590. The molecule has 43 heavy (non-hydrogen) atoms. The second-order valence-corrected chi connectivity index (χ2v) is 10.5. The van der Waals surface area contributed by atoms with E-state index >= 15 is 0 Å². The van der Waals surface area contributed by atoms with Crippen LogP contribution in [0.5, 0.6) is 0 Å². The summed E-state index contributed by atoms with van der Waals surface area (Å²) in [4.78, 5) is 15.4. The molecule has 0 N–H and O–H groups in total. The van der Waals surface area contributed by atoms with Crippen LogP contribution in [0, 0.1) is 0 Å². The maximum atomic E-state index is 5.20. The Morgan fingerprint density at radius 2 is 0.860 bits per heavy atom. The van der Waals surface area contributed by atoms with Gasteiger partial charge in [-0.2, -0.15) is 9.97 Å². The largest absolute Gasteiger partial charge is 0.278 e. The Bertz CT molecular complexity index is 2170. The predicted molar refractivity (Wildman–Crippen MR) is 176 cm³/mol. The molecule has 0 aliphatic carbocycles. The number of rotatable bonds is 5. The van der Waals surface area contributed by atoms with Gasteiger partial charge in [-0.1, -0.05) is 133 Å². The van der Waals surface area contributed by atoms with Gasteiger partial charge in [0.25, 0.3) is 0 Å². The van der Waals surface area contributed by atoms with Gasteiger partial charge in [0.1, 0.15) is 0 Å². The highest BCUT2D eigenvalue weighted by Crippen LogP contribution is 2.36. The topological polar surface area (TPSA) is 43.6 Å². The summed E-state index contributed by atoms with van der Waals surface area (Å²) >= 11 is 0. The SMILES string of the molecule is c1ccc(-c2ccc(-c3nc(-c4ccccc4)nc(-n4c5ccccc5c5ccccc54)n3)c(-c3ccccc3)c2)cc1. The van der Waals surface area contributed by atoms with Crippen LogP contribution in [0.3, 0.4) is 0 Å². The van der Waals surface area contributed by atoms with Crippen molar-refractivity contribution in [1.82, 2.24) is 19.5 Å². The van der Waals surface area contributed by atoms with Gasteiger partial charge in [0.2, 0.25) is 5.95 Å². The van der Waals surface area contributed by atoms with Crippen LogP contribution in [0.2, 0.25) is 0 Å². The molecular weight excluding hydrogens is 524 g/mol. The van der Waals surface area contributed by atoms with E-state index in [9.17, 15) is 0 Å². The molecule has 0 aliphatic rings. The monoisotopic (exact) mass is 550 g/mol. The second-order valence-electron chi connectivity index (χ2n) is 10.5. The number of fused-ring (bicyclic) bond motifs is 3. The zero-order valence-corrected chi connectivity index (χ0v) is 23.3. The maximum Gasteiger partial charge on any atom is 0.238 e. The third kappa shape index (κ3) is 4.46. The first-order valence-corrected chi connectivity index (χ1v) is 14.4. The van der Waals surface area contributed by atoms with Crippen molar-refractivity contribution in [2.45, 2.75) is 0 Å². The number of nitrogens with zero attached hydrogens (tertiary/aromatic N) is 4. The fraction of sp³-hybridized carbons (Fsp3) is 0. The summed E-state index contributed by atoms with van der Waals surface area (Å²) < 4.78 is 2.16. The summed E-state index contributed by atoms with van der Waals surface area (Å²) in [6, 6.07) is 54.5. The molecule has 0 saturated carbocycles. The van der Waals surface area contributed by atoms with E-state index in [1.807, 2.05) is 42.5 Å². The molecule has 0 unspecified atom stereocenters. The van der Waals surface area contributed by atoms with E-state index in [-0.39, 0.29) is 0 Å². The van der Waals surface area contributed by atoms with Crippen LogP contribution in [-0.4, -0.2) is 19.5 Å². The van der Waals surface area contributed by atoms with Crippen LogP contribution < -0.4 is 0 Å². The first-order valence-electron chi connectivity index (χ1n) is 14.4. The Morgan fingerprint density at radius 1 is 0.349 bits per heavy atom. The second kappa shape index (κ2) is 10.5. The molecule has 0 spiro atoms.